The molecule has 86 valence electrons. The monoisotopic (exact) mass is 230 g/mol. The van der Waals surface area contributed by atoms with Crippen molar-refractivity contribution >= 4 is 0 Å². The number of aromatic nitrogens is 4. The fraction of sp³-hybridized carbons (Fsp3) is 0.833. The molecule has 0 saturated heterocycles. The summed E-state index contributed by atoms with van der Waals surface area (Å²) in [4.78, 5) is 0.689. The second-order valence-corrected chi connectivity index (χ2v) is 3.10. The molecule has 0 spiro atoms. The van der Waals surface area contributed by atoms with E-state index in [4.69, 9.17) is 0 Å². The first-order valence-electron chi connectivity index (χ1n) is 3.91. The number of halogens is 5. The summed E-state index contributed by atoms with van der Waals surface area (Å²) in [6, 6.07) is -0.435. The Bertz CT molecular complexity index is 342. The van der Waals surface area contributed by atoms with Gasteiger partial charge in [0, 0.05) is 0 Å². The summed E-state index contributed by atoms with van der Waals surface area (Å²) in [6.45, 7) is 3.05. The number of rotatable bonds is 2. The van der Waals surface area contributed by atoms with Crippen molar-refractivity contribution < 1.29 is 22.0 Å². The lowest BCUT2D eigenvalue weighted by Crippen LogP contribution is -2.35. The Kier molecular flexibility index (Phi) is 2.66. The van der Waals surface area contributed by atoms with Crippen LogP contribution in [0.5, 0.6) is 0 Å². The van der Waals surface area contributed by atoms with Crippen LogP contribution in [0.2, 0.25) is 0 Å². The molecule has 4 nitrogen and oxygen atoms in total. The topological polar surface area (TPSA) is 43.6 Å². The molecule has 0 amide bonds. The largest absolute Gasteiger partial charge is 0.461 e. The van der Waals surface area contributed by atoms with Crippen molar-refractivity contribution in [3.63, 3.8) is 0 Å². The Hall–Kier alpha value is -1.28. The van der Waals surface area contributed by atoms with Crippen molar-refractivity contribution in [3.8, 4) is 0 Å². The van der Waals surface area contributed by atoms with Crippen LogP contribution in [0, 0.1) is 0 Å². The highest BCUT2D eigenvalue weighted by Gasteiger charge is 2.62. The van der Waals surface area contributed by atoms with E-state index in [0.29, 0.717) is 4.80 Å². The smallest absolute Gasteiger partial charge is 0.187 e. The molecule has 0 atom stereocenters. The van der Waals surface area contributed by atoms with Crippen LogP contribution in [0.3, 0.4) is 0 Å². The first kappa shape index (κ1) is 11.8. The molecule has 0 bridgehead atoms. The van der Waals surface area contributed by atoms with Crippen molar-refractivity contribution in [2.24, 2.45) is 0 Å². The lowest BCUT2D eigenvalue weighted by atomic mass is 10.3. The number of tetrazole rings is 1. The van der Waals surface area contributed by atoms with Crippen molar-refractivity contribution in [2.45, 2.75) is 32.0 Å². The van der Waals surface area contributed by atoms with E-state index in [9.17, 15) is 22.0 Å². The van der Waals surface area contributed by atoms with Gasteiger partial charge in [0.1, 0.15) is 0 Å². The zero-order valence-corrected chi connectivity index (χ0v) is 7.76. The minimum atomic E-state index is -5.71. The van der Waals surface area contributed by atoms with Crippen LogP contribution < -0.4 is 0 Å². The zero-order valence-electron chi connectivity index (χ0n) is 7.76. The molecule has 0 saturated carbocycles. The molecule has 0 aromatic carbocycles. The lowest BCUT2D eigenvalue weighted by molar-refractivity contribution is -0.292. The molecule has 1 heterocycles. The molecule has 1 aromatic rings. The summed E-state index contributed by atoms with van der Waals surface area (Å²) in [5.74, 6) is -6.70. The SMILES string of the molecule is CC(C)n1nnc(C(F)(F)C(F)(F)F)n1. The molecule has 1 rings (SSSR count). The van der Waals surface area contributed by atoms with Gasteiger partial charge in [0.2, 0.25) is 0 Å². The van der Waals surface area contributed by atoms with Crippen molar-refractivity contribution in [1.29, 1.82) is 0 Å². The Morgan fingerprint density at radius 1 is 1.13 bits per heavy atom. The van der Waals surface area contributed by atoms with E-state index in [0.717, 1.165) is 0 Å². The Morgan fingerprint density at radius 3 is 2.00 bits per heavy atom. The van der Waals surface area contributed by atoms with E-state index in [1.54, 1.807) is 0 Å². The molecule has 0 radical (unpaired) electrons. The van der Waals surface area contributed by atoms with Crippen LogP contribution in [0.1, 0.15) is 25.7 Å². The van der Waals surface area contributed by atoms with Gasteiger partial charge in [-0.2, -0.15) is 26.7 Å². The van der Waals surface area contributed by atoms with Gasteiger partial charge in [-0.1, -0.05) is 0 Å². The predicted octanol–water partition coefficient (Wildman–Crippen LogP) is 1.91. The first-order valence-corrected chi connectivity index (χ1v) is 3.91. The third kappa shape index (κ3) is 2.05. The van der Waals surface area contributed by atoms with Crippen LogP contribution >= 0.6 is 0 Å². The van der Waals surface area contributed by atoms with Gasteiger partial charge in [0.25, 0.3) is 5.82 Å². The summed E-state index contributed by atoms with van der Waals surface area (Å²) in [5, 5.41) is 8.75. The highest BCUT2D eigenvalue weighted by molar-refractivity contribution is 4.95. The van der Waals surface area contributed by atoms with Gasteiger partial charge in [0.05, 0.1) is 6.04 Å². The number of nitrogens with zero attached hydrogens (tertiary/aromatic N) is 4. The fourth-order valence-electron chi connectivity index (χ4n) is 0.696. The highest BCUT2D eigenvalue weighted by Crippen LogP contribution is 2.41. The maximum Gasteiger partial charge on any atom is 0.461 e. The molecule has 0 aliphatic carbocycles. The summed E-state index contributed by atoms with van der Waals surface area (Å²) in [6.07, 6.45) is -5.71. The summed E-state index contributed by atoms with van der Waals surface area (Å²) in [5.41, 5.74) is 0. The third-order valence-corrected chi connectivity index (χ3v) is 1.53. The van der Waals surface area contributed by atoms with E-state index in [2.05, 4.69) is 15.4 Å². The summed E-state index contributed by atoms with van der Waals surface area (Å²) >= 11 is 0. The van der Waals surface area contributed by atoms with Crippen LogP contribution in [-0.2, 0) is 5.92 Å². The molecule has 1 aromatic heterocycles. The van der Waals surface area contributed by atoms with Gasteiger partial charge in [-0.15, -0.1) is 10.2 Å². The van der Waals surface area contributed by atoms with Gasteiger partial charge in [-0.05, 0) is 19.1 Å². The van der Waals surface area contributed by atoms with Crippen LogP contribution in [-0.4, -0.2) is 26.4 Å². The molecule has 0 aliphatic rings. The summed E-state index contributed by atoms with van der Waals surface area (Å²) in [7, 11) is 0. The minimum absolute atomic E-state index is 0.435. The van der Waals surface area contributed by atoms with Crippen molar-refractivity contribution in [2.75, 3.05) is 0 Å². The van der Waals surface area contributed by atoms with E-state index in [-0.39, 0.29) is 0 Å². The average Bonchev–Trinajstić information content (AvgIpc) is 2.49. The zero-order chi connectivity index (χ0) is 11.9. The van der Waals surface area contributed by atoms with E-state index < -0.39 is 24.0 Å². The van der Waals surface area contributed by atoms with Gasteiger partial charge in [-0.3, -0.25) is 0 Å². The fourth-order valence-corrected chi connectivity index (χ4v) is 0.696. The molecule has 0 fully saturated rings. The van der Waals surface area contributed by atoms with Crippen LogP contribution in [0.4, 0.5) is 22.0 Å². The molecule has 0 unspecified atom stereocenters. The predicted molar refractivity (Wildman–Crippen MR) is 38.2 cm³/mol. The number of hydrogen-bond acceptors (Lipinski definition) is 3. The first-order chi connectivity index (χ1) is 6.66. The number of hydrogen-bond donors (Lipinski definition) is 0. The van der Waals surface area contributed by atoms with Gasteiger partial charge in [-0.25, -0.2) is 0 Å². The second-order valence-electron chi connectivity index (χ2n) is 3.10. The van der Waals surface area contributed by atoms with Crippen molar-refractivity contribution in [1.82, 2.24) is 20.2 Å². The standard InChI is InChI=1S/C6H7F5N4/c1-3(2)15-13-4(12-14-15)5(7,8)6(9,10)11/h3H,1-2H3. The van der Waals surface area contributed by atoms with Gasteiger partial charge >= 0.3 is 12.1 Å². The number of alkyl halides is 5. The Morgan fingerprint density at radius 2 is 1.67 bits per heavy atom. The Labute approximate surface area is 81.1 Å². The highest BCUT2D eigenvalue weighted by atomic mass is 19.4. The van der Waals surface area contributed by atoms with Gasteiger partial charge < -0.3 is 0 Å². The normalized spacial score (nSPS) is 13.6. The molecular formula is C6H7F5N4. The quantitative estimate of drug-likeness (QED) is 0.729. The molecule has 15 heavy (non-hydrogen) atoms. The third-order valence-electron chi connectivity index (χ3n) is 1.53. The van der Waals surface area contributed by atoms with Crippen LogP contribution in [0.25, 0.3) is 0 Å². The Balaban J connectivity index is 3.06. The second kappa shape index (κ2) is 3.38. The minimum Gasteiger partial charge on any atom is -0.187 e. The van der Waals surface area contributed by atoms with E-state index >= 15 is 0 Å². The van der Waals surface area contributed by atoms with Crippen LogP contribution in [0.15, 0.2) is 0 Å². The van der Waals surface area contributed by atoms with Gasteiger partial charge in [0.15, 0.2) is 0 Å². The maximum absolute atomic E-state index is 12.6. The maximum atomic E-state index is 12.6. The molecule has 9 heteroatoms. The van der Waals surface area contributed by atoms with Crippen molar-refractivity contribution in [3.05, 3.63) is 5.82 Å². The average molecular weight is 230 g/mol. The molecule has 0 N–H and O–H groups in total. The van der Waals surface area contributed by atoms with E-state index in [1.165, 1.54) is 13.8 Å². The lowest BCUT2D eigenvalue weighted by Gasteiger charge is -2.15. The summed E-state index contributed by atoms with van der Waals surface area (Å²) < 4.78 is 60.9. The molecular weight excluding hydrogens is 223 g/mol. The molecule has 0 aliphatic heterocycles. The van der Waals surface area contributed by atoms with E-state index in [1.807, 2.05) is 0 Å².